The topological polar surface area (TPSA) is 126 Å². The standard InChI is InChI=1S/C14H14N4O5/c19-11(4-2-8-13(21)18-14(22)17-8)15-7-1-3-10-9(5-7)16-12(20)6-23-10/h1,3,5,8H,2,4,6H2,(H,15,19)(H,16,20)(H2,17,18,21,22)/t8-/m0/s1. The molecule has 23 heavy (non-hydrogen) atoms. The first-order valence-electron chi connectivity index (χ1n) is 6.99. The molecule has 120 valence electrons. The van der Waals surface area contributed by atoms with E-state index in [2.05, 4.69) is 21.3 Å². The maximum absolute atomic E-state index is 11.9. The number of imide groups is 1. The molecule has 4 N–H and O–H groups in total. The Hall–Kier alpha value is -3.10. The average Bonchev–Trinajstić information content (AvgIpc) is 2.82. The van der Waals surface area contributed by atoms with Crippen molar-refractivity contribution in [3.05, 3.63) is 18.2 Å². The van der Waals surface area contributed by atoms with Crippen LogP contribution in [0.2, 0.25) is 0 Å². The molecular formula is C14H14N4O5. The third kappa shape index (κ3) is 3.39. The molecule has 9 nitrogen and oxygen atoms in total. The molecule has 3 rings (SSSR count). The zero-order valence-corrected chi connectivity index (χ0v) is 12.0. The number of benzene rings is 1. The molecule has 5 amide bonds. The summed E-state index contributed by atoms with van der Waals surface area (Å²) in [4.78, 5) is 45.5. The van der Waals surface area contributed by atoms with E-state index in [9.17, 15) is 19.2 Å². The maximum Gasteiger partial charge on any atom is 0.322 e. The second-order valence-corrected chi connectivity index (χ2v) is 5.15. The van der Waals surface area contributed by atoms with Crippen LogP contribution in [0, 0.1) is 0 Å². The predicted molar refractivity (Wildman–Crippen MR) is 78.9 cm³/mol. The Labute approximate surface area is 130 Å². The summed E-state index contributed by atoms with van der Waals surface area (Å²) in [6.07, 6.45) is 0.270. The fourth-order valence-electron chi connectivity index (χ4n) is 2.32. The summed E-state index contributed by atoms with van der Waals surface area (Å²) >= 11 is 0. The van der Waals surface area contributed by atoms with Gasteiger partial charge >= 0.3 is 6.03 Å². The highest BCUT2D eigenvalue weighted by Gasteiger charge is 2.29. The average molecular weight is 318 g/mol. The van der Waals surface area contributed by atoms with Crippen LogP contribution in [0.3, 0.4) is 0 Å². The first-order chi connectivity index (χ1) is 11.0. The van der Waals surface area contributed by atoms with E-state index in [-0.39, 0.29) is 31.3 Å². The SMILES string of the molecule is O=C(CC[C@@H]1NC(=O)NC1=O)Nc1ccc2c(c1)NC(=O)CO2. The van der Waals surface area contributed by atoms with Crippen molar-refractivity contribution in [1.82, 2.24) is 10.6 Å². The number of ether oxygens (including phenoxy) is 1. The number of anilines is 2. The lowest BCUT2D eigenvalue weighted by atomic mass is 10.1. The van der Waals surface area contributed by atoms with Crippen molar-refractivity contribution in [2.24, 2.45) is 0 Å². The van der Waals surface area contributed by atoms with Gasteiger partial charge in [-0.3, -0.25) is 19.7 Å². The molecule has 1 saturated heterocycles. The maximum atomic E-state index is 11.9. The minimum absolute atomic E-state index is 0.0339. The number of nitrogens with one attached hydrogen (secondary N) is 4. The largest absolute Gasteiger partial charge is 0.482 e. The van der Waals surface area contributed by atoms with Gasteiger partial charge in [0.05, 0.1) is 5.69 Å². The summed E-state index contributed by atoms with van der Waals surface area (Å²) in [5, 5.41) is 9.84. The van der Waals surface area contributed by atoms with E-state index in [4.69, 9.17) is 4.74 Å². The summed E-state index contributed by atoms with van der Waals surface area (Å²) in [6, 6.07) is 3.65. The molecule has 1 atom stereocenters. The zero-order chi connectivity index (χ0) is 16.4. The van der Waals surface area contributed by atoms with Gasteiger partial charge in [-0.05, 0) is 24.6 Å². The molecule has 0 aliphatic carbocycles. The van der Waals surface area contributed by atoms with Crippen LogP contribution in [0.1, 0.15) is 12.8 Å². The summed E-state index contributed by atoms with van der Waals surface area (Å²) in [7, 11) is 0. The monoisotopic (exact) mass is 318 g/mol. The van der Waals surface area contributed by atoms with Crippen LogP contribution in [0.15, 0.2) is 18.2 Å². The van der Waals surface area contributed by atoms with Crippen LogP contribution in [-0.4, -0.2) is 36.4 Å². The molecular weight excluding hydrogens is 304 g/mol. The van der Waals surface area contributed by atoms with Gasteiger partial charge in [0.15, 0.2) is 6.61 Å². The second-order valence-electron chi connectivity index (χ2n) is 5.15. The van der Waals surface area contributed by atoms with E-state index in [1.165, 1.54) is 0 Å². The first kappa shape index (κ1) is 14.8. The molecule has 2 heterocycles. The molecule has 2 aliphatic rings. The van der Waals surface area contributed by atoms with Gasteiger partial charge in [-0.15, -0.1) is 0 Å². The number of hydrogen-bond donors (Lipinski definition) is 4. The quantitative estimate of drug-likeness (QED) is 0.579. The van der Waals surface area contributed by atoms with Gasteiger partial charge < -0.3 is 20.7 Å². The third-order valence-electron chi connectivity index (χ3n) is 3.41. The number of carbonyl (C=O) groups excluding carboxylic acids is 4. The van der Waals surface area contributed by atoms with E-state index >= 15 is 0 Å². The van der Waals surface area contributed by atoms with Crippen molar-refractivity contribution >= 4 is 35.1 Å². The van der Waals surface area contributed by atoms with Crippen molar-refractivity contribution in [2.75, 3.05) is 17.2 Å². The number of urea groups is 1. The van der Waals surface area contributed by atoms with E-state index in [1.54, 1.807) is 18.2 Å². The number of amides is 5. The zero-order valence-electron chi connectivity index (χ0n) is 12.0. The Morgan fingerprint density at radius 1 is 1.26 bits per heavy atom. The van der Waals surface area contributed by atoms with Gasteiger partial charge in [-0.1, -0.05) is 0 Å². The van der Waals surface area contributed by atoms with Crippen LogP contribution >= 0.6 is 0 Å². The summed E-state index contributed by atoms with van der Waals surface area (Å²) in [5.74, 6) is -0.463. The third-order valence-corrected chi connectivity index (χ3v) is 3.41. The molecule has 0 unspecified atom stereocenters. The Kier molecular flexibility index (Phi) is 3.83. The van der Waals surface area contributed by atoms with Gasteiger partial charge in [0.2, 0.25) is 5.91 Å². The lowest BCUT2D eigenvalue weighted by Gasteiger charge is -2.18. The van der Waals surface area contributed by atoms with Crippen LogP contribution in [-0.2, 0) is 14.4 Å². The van der Waals surface area contributed by atoms with Crippen LogP contribution in [0.25, 0.3) is 0 Å². The fourth-order valence-corrected chi connectivity index (χ4v) is 2.32. The van der Waals surface area contributed by atoms with Crippen molar-refractivity contribution in [2.45, 2.75) is 18.9 Å². The van der Waals surface area contributed by atoms with Crippen molar-refractivity contribution in [1.29, 1.82) is 0 Å². The highest BCUT2D eigenvalue weighted by Crippen LogP contribution is 2.30. The Morgan fingerprint density at radius 3 is 2.83 bits per heavy atom. The number of rotatable bonds is 4. The van der Waals surface area contributed by atoms with E-state index < -0.39 is 18.0 Å². The highest BCUT2D eigenvalue weighted by atomic mass is 16.5. The molecule has 1 aromatic rings. The minimum atomic E-state index is -0.690. The number of hydrogen-bond acceptors (Lipinski definition) is 5. The predicted octanol–water partition coefficient (Wildman–Crippen LogP) is -0.0558. The molecule has 0 bridgehead atoms. The highest BCUT2D eigenvalue weighted by molar-refractivity contribution is 6.04. The first-order valence-corrected chi connectivity index (χ1v) is 6.99. The molecule has 1 fully saturated rings. The molecule has 0 aromatic heterocycles. The van der Waals surface area contributed by atoms with Gasteiger partial charge in [0.25, 0.3) is 11.8 Å². The molecule has 9 heteroatoms. The number of fused-ring (bicyclic) bond motifs is 1. The number of carbonyl (C=O) groups is 4. The van der Waals surface area contributed by atoms with Gasteiger partial charge in [0, 0.05) is 12.1 Å². The molecule has 0 spiro atoms. The van der Waals surface area contributed by atoms with Crippen LogP contribution in [0.4, 0.5) is 16.2 Å². The fraction of sp³-hybridized carbons (Fsp3) is 0.286. The summed E-state index contributed by atoms with van der Waals surface area (Å²) < 4.78 is 5.22. The van der Waals surface area contributed by atoms with Crippen LogP contribution < -0.4 is 26.0 Å². The lowest BCUT2D eigenvalue weighted by Crippen LogP contribution is -2.30. The molecule has 0 saturated carbocycles. The Morgan fingerprint density at radius 2 is 2.09 bits per heavy atom. The Bertz CT molecular complexity index is 702. The normalized spacial score (nSPS) is 19.1. The minimum Gasteiger partial charge on any atom is -0.482 e. The second kappa shape index (κ2) is 5.95. The van der Waals surface area contributed by atoms with E-state index in [0.717, 1.165) is 0 Å². The van der Waals surface area contributed by atoms with Crippen molar-refractivity contribution < 1.29 is 23.9 Å². The van der Waals surface area contributed by atoms with E-state index in [1.807, 2.05) is 0 Å². The van der Waals surface area contributed by atoms with Crippen molar-refractivity contribution in [3.8, 4) is 5.75 Å². The molecule has 2 aliphatic heterocycles. The lowest BCUT2D eigenvalue weighted by molar-refractivity contribution is -0.121. The Balaban J connectivity index is 1.56. The molecule has 1 aromatic carbocycles. The smallest absolute Gasteiger partial charge is 0.322 e. The van der Waals surface area contributed by atoms with Gasteiger partial charge in [0.1, 0.15) is 11.8 Å². The van der Waals surface area contributed by atoms with Crippen molar-refractivity contribution in [3.63, 3.8) is 0 Å². The summed E-state index contributed by atoms with van der Waals surface area (Å²) in [6.45, 7) is -0.0339. The van der Waals surface area contributed by atoms with E-state index in [0.29, 0.717) is 17.1 Å². The van der Waals surface area contributed by atoms with Crippen LogP contribution in [0.5, 0.6) is 5.75 Å². The molecule has 0 radical (unpaired) electrons. The summed E-state index contributed by atoms with van der Waals surface area (Å²) in [5.41, 5.74) is 0.987. The van der Waals surface area contributed by atoms with Gasteiger partial charge in [-0.25, -0.2) is 4.79 Å². The van der Waals surface area contributed by atoms with Gasteiger partial charge in [-0.2, -0.15) is 0 Å².